The van der Waals surface area contributed by atoms with E-state index in [4.69, 9.17) is 19.5 Å². The second-order valence-electron chi connectivity index (χ2n) is 3.86. The van der Waals surface area contributed by atoms with Crippen LogP contribution in [-0.4, -0.2) is 31.8 Å². The molecule has 0 N–H and O–H groups in total. The molecule has 0 aromatic carbocycles. The van der Waals surface area contributed by atoms with Crippen molar-refractivity contribution in [2.24, 2.45) is 5.41 Å². The Balaban J connectivity index is 4.70. The summed E-state index contributed by atoms with van der Waals surface area (Å²) in [5, 5.41) is 8.45. The van der Waals surface area contributed by atoms with Crippen LogP contribution in [0, 0.1) is 16.9 Å². The van der Waals surface area contributed by atoms with Crippen LogP contribution >= 0.6 is 0 Å². The molecule has 0 aliphatic rings. The van der Waals surface area contributed by atoms with Crippen molar-refractivity contribution >= 4 is 11.9 Å². The van der Waals surface area contributed by atoms with Gasteiger partial charge in [0.15, 0.2) is 0 Å². The lowest BCUT2D eigenvalue weighted by Gasteiger charge is -2.29. The lowest BCUT2D eigenvalue weighted by molar-refractivity contribution is -0.150. The van der Waals surface area contributed by atoms with Crippen molar-refractivity contribution < 1.29 is 23.8 Å². The molecule has 0 aromatic heterocycles. The van der Waals surface area contributed by atoms with Crippen molar-refractivity contribution in [3.05, 3.63) is 25.3 Å². The lowest BCUT2D eigenvalue weighted by atomic mass is 9.88. The highest BCUT2D eigenvalue weighted by Gasteiger charge is 2.33. The molecule has 19 heavy (non-hydrogen) atoms. The van der Waals surface area contributed by atoms with Crippen LogP contribution in [0.1, 0.15) is 13.3 Å². The van der Waals surface area contributed by atoms with Gasteiger partial charge in [0.25, 0.3) is 6.26 Å². The monoisotopic (exact) mass is 267 g/mol. The van der Waals surface area contributed by atoms with Gasteiger partial charge in [0.2, 0.25) is 0 Å². The van der Waals surface area contributed by atoms with Gasteiger partial charge in [-0.05, 0) is 6.42 Å². The number of esters is 2. The molecule has 0 saturated heterocycles. The van der Waals surface area contributed by atoms with Crippen molar-refractivity contribution in [1.82, 2.24) is 0 Å². The molecule has 0 aliphatic carbocycles. The zero-order valence-electron chi connectivity index (χ0n) is 10.9. The van der Waals surface area contributed by atoms with Gasteiger partial charge in [-0.1, -0.05) is 20.1 Å². The van der Waals surface area contributed by atoms with E-state index in [-0.39, 0.29) is 19.8 Å². The van der Waals surface area contributed by atoms with Crippen molar-refractivity contribution in [2.75, 3.05) is 19.8 Å². The summed E-state index contributed by atoms with van der Waals surface area (Å²) >= 11 is 0. The highest BCUT2D eigenvalue weighted by Crippen LogP contribution is 2.24. The number of hydrogen-bond acceptors (Lipinski definition) is 6. The molecule has 6 heteroatoms. The smallest absolute Gasteiger partial charge is 0.330 e. The van der Waals surface area contributed by atoms with Gasteiger partial charge < -0.3 is 14.2 Å². The summed E-state index contributed by atoms with van der Waals surface area (Å²) in [5.74, 6) is -1.19. The molecular formula is C13H17NO5. The summed E-state index contributed by atoms with van der Waals surface area (Å²) < 4.78 is 14.6. The predicted molar refractivity (Wildman–Crippen MR) is 66.6 cm³/mol. The number of rotatable bonds is 9. The number of hydrogen-bond donors (Lipinski definition) is 0. The minimum absolute atomic E-state index is 0.0190. The van der Waals surface area contributed by atoms with Gasteiger partial charge in [-0.25, -0.2) is 9.59 Å². The number of ether oxygens (including phenoxy) is 3. The van der Waals surface area contributed by atoms with E-state index in [0.717, 1.165) is 12.2 Å². The number of carbonyl (C=O) groups is 2. The Hall–Kier alpha value is -2.29. The summed E-state index contributed by atoms with van der Waals surface area (Å²) in [7, 11) is 0. The van der Waals surface area contributed by atoms with Gasteiger partial charge in [0, 0.05) is 12.2 Å². The SMILES string of the molecule is C=CC(=O)OCC(CC)(COC#N)COC(=O)C=C. The molecule has 0 radical (unpaired) electrons. The molecule has 0 atom stereocenters. The van der Waals surface area contributed by atoms with E-state index in [1.807, 2.05) is 6.92 Å². The van der Waals surface area contributed by atoms with Gasteiger partial charge in [-0.2, -0.15) is 5.26 Å². The van der Waals surface area contributed by atoms with Crippen LogP contribution in [0.5, 0.6) is 0 Å². The van der Waals surface area contributed by atoms with Crippen molar-refractivity contribution in [2.45, 2.75) is 13.3 Å². The first-order valence-corrected chi connectivity index (χ1v) is 5.63. The Kier molecular flexibility index (Phi) is 7.70. The highest BCUT2D eigenvalue weighted by atomic mass is 16.6. The zero-order chi connectivity index (χ0) is 14.7. The van der Waals surface area contributed by atoms with Crippen LogP contribution in [0.4, 0.5) is 0 Å². The van der Waals surface area contributed by atoms with Crippen molar-refractivity contribution in [3.63, 3.8) is 0 Å². The van der Waals surface area contributed by atoms with E-state index in [9.17, 15) is 9.59 Å². The third-order valence-corrected chi connectivity index (χ3v) is 2.57. The summed E-state index contributed by atoms with van der Waals surface area (Å²) in [6.45, 7) is 8.27. The van der Waals surface area contributed by atoms with E-state index in [1.54, 1.807) is 0 Å². The summed E-state index contributed by atoms with van der Waals surface area (Å²) in [6, 6.07) is 0. The molecule has 0 aromatic rings. The van der Waals surface area contributed by atoms with Crippen LogP contribution in [0.25, 0.3) is 0 Å². The van der Waals surface area contributed by atoms with Crippen LogP contribution < -0.4 is 0 Å². The Morgan fingerprint density at radius 3 is 1.95 bits per heavy atom. The normalized spacial score (nSPS) is 9.89. The minimum atomic E-state index is -0.771. The van der Waals surface area contributed by atoms with E-state index in [2.05, 4.69) is 13.2 Å². The second-order valence-corrected chi connectivity index (χ2v) is 3.86. The van der Waals surface area contributed by atoms with E-state index in [0.29, 0.717) is 6.42 Å². The topological polar surface area (TPSA) is 85.6 Å². The largest absolute Gasteiger partial charge is 0.462 e. The first-order chi connectivity index (χ1) is 9.03. The van der Waals surface area contributed by atoms with Crippen LogP contribution in [0.3, 0.4) is 0 Å². The van der Waals surface area contributed by atoms with Gasteiger partial charge in [0.1, 0.15) is 19.8 Å². The van der Waals surface area contributed by atoms with Crippen LogP contribution in [-0.2, 0) is 23.8 Å². The fourth-order valence-electron chi connectivity index (χ4n) is 1.18. The molecule has 6 nitrogen and oxygen atoms in total. The fraction of sp³-hybridized carbons (Fsp3) is 0.462. The van der Waals surface area contributed by atoms with Gasteiger partial charge in [-0.15, -0.1) is 0 Å². The molecule has 0 rings (SSSR count). The molecule has 0 amide bonds. The van der Waals surface area contributed by atoms with Crippen LogP contribution in [0.15, 0.2) is 25.3 Å². The van der Waals surface area contributed by atoms with E-state index in [1.165, 1.54) is 6.26 Å². The quantitative estimate of drug-likeness (QED) is 0.356. The first kappa shape index (κ1) is 16.7. The molecular weight excluding hydrogens is 250 g/mol. The third-order valence-electron chi connectivity index (χ3n) is 2.57. The highest BCUT2D eigenvalue weighted by molar-refractivity contribution is 5.81. The van der Waals surface area contributed by atoms with Crippen molar-refractivity contribution in [1.29, 1.82) is 5.26 Å². The average Bonchev–Trinajstić information content (AvgIpc) is 2.46. The standard InChI is InChI=1S/C13H17NO5/c1-4-11(15)18-8-13(6-3,7-17-10-14)9-19-12(16)5-2/h4-5H,1-2,6-9H2,3H3. The molecule has 104 valence electrons. The van der Waals surface area contributed by atoms with E-state index >= 15 is 0 Å². The Morgan fingerprint density at radius 2 is 1.63 bits per heavy atom. The summed E-state index contributed by atoms with van der Waals surface area (Å²) in [4.78, 5) is 22.1. The molecule has 0 heterocycles. The van der Waals surface area contributed by atoms with Crippen LogP contribution in [0.2, 0.25) is 0 Å². The van der Waals surface area contributed by atoms with E-state index < -0.39 is 17.4 Å². The molecule has 0 aliphatic heterocycles. The number of nitrogens with zero attached hydrogens (tertiary/aromatic N) is 1. The van der Waals surface area contributed by atoms with Gasteiger partial charge in [-0.3, -0.25) is 0 Å². The van der Waals surface area contributed by atoms with Gasteiger partial charge >= 0.3 is 11.9 Å². The second kappa shape index (κ2) is 8.75. The lowest BCUT2D eigenvalue weighted by Crippen LogP contribution is -2.37. The molecule has 0 saturated carbocycles. The fourth-order valence-corrected chi connectivity index (χ4v) is 1.18. The Bertz CT molecular complexity index is 359. The minimum Gasteiger partial charge on any atom is -0.462 e. The number of nitriles is 1. The molecule has 0 fully saturated rings. The average molecular weight is 267 g/mol. The number of carbonyl (C=O) groups excluding carboxylic acids is 2. The maximum Gasteiger partial charge on any atom is 0.330 e. The molecule has 0 spiro atoms. The third kappa shape index (κ3) is 6.27. The molecule has 0 unspecified atom stereocenters. The molecule has 0 bridgehead atoms. The maximum atomic E-state index is 11.1. The Labute approximate surface area is 112 Å². The summed E-state index contributed by atoms with van der Waals surface area (Å²) in [6.07, 6.45) is 4.09. The predicted octanol–water partition coefficient (Wildman–Crippen LogP) is 1.34. The Morgan fingerprint density at radius 1 is 1.16 bits per heavy atom. The maximum absolute atomic E-state index is 11.1. The van der Waals surface area contributed by atoms with Gasteiger partial charge in [0.05, 0.1) is 5.41 Å². The summed E-state index contributed by atoms with van der Waals surface area (Å²) in [5.41, 5.74) is -0.771. The van der Waals surface area contributed by atoms with Crippen molar-refractivity contribution in [3.8, 4) is 6.26 Å². The zero-order valence-corrected chi connectivity index (χ0v) is 10.9. The first-order valence-electron chi connectivity index (χ1n) is 5.63.